The van der Waals surface area contributed by atoms with E-state index < -0.39 is 0 Å². The lowest BCUT2D eigenvalue weighted by atomic mass is 10.1. The number of hydrogen-bond acceptors (Lipinski definition) is 3. The van der Waals surface area contributed by atoms with Gasteiger partial charge in [0.2, 0.25) is 0 Å². The van der Waals surface area contributed by atoms with Crippen LogP contribution >= 0.6 is 11.3 Å². The van der Waals surface area contributed by atoms with Gasteiger partial charge in [0.05, 0.1) is 6.61 Å². The molecule has 13 heavy (non-hydrogen) atoms. The maximum absolute atomic E-state index is 8.72. The molecule has 0 aliphatic rings. The Morgan fingerprint density at radius 3 is 3.00 bits per heavy atom. The van der Waals surface area contributed by atoms with Crippen molar-refractivity contribution in [2.45, 2.75) is 25.8 Å². The largest absolute Gasteiger partial charge is 0.395 e. The van der Waals surface area contributed by atoms with Crippen LogP contribution in [-0.4, -0.2) is 18.3 Å². The molecule has 0 aromatic carbocycles. The lowest BCUT2D eigenvalue weighted by molar-refractivity contribution is 0.283. The van der Waals surface area contributed by atoms with Gasteiger partial charge in [0, 0.05) is 17.5 Å². The van der Waals surface area contributed by atoms with Crippen LogP contribution in [0.25, 0.3) is 0 Å². The fraction of sp³-hybridized carbons (Fsp3) is 0.600. The molecule has 0 aliphatic heterocycles. The first-order chi connectivity index (χ1) is 6.38. The Kier molecular flexibility index (Phi) is 5.05. The summed E-state index contributed by atoms with van der Waals surface area (Å²) in [4.78, 5) is 1.37. The molecule has 1 heterocycles. The van der Waals surface area contributed by atoms with Gasteiger partial charge in [-0.05, 0) is 17.9 Å². The first-order valence-electron chi connectivity index (χ1n) is 4.76. The van der Waals surface area contributed by atoms with Crippen molar-refractivity contribution in [3.05, 3.63) is 22.4 Å². The molecule has 2 nitrogen and oxygen atoms in total. The van der Waals surface area contributed by atoms with Crippen LogP contribution in [0, 0.1) is 0 Å². The Bertz CT molecular complexity index is 211. The van der Waals surface area contributed by atoms with E-state index in [1.54, 1.807) is 11.3 Å². The van der Waals surface area contributed by atoms with Crippen LogP contribution < -0.4 is 5.32 Å². The molecular formula is C10H17NOS. The monoisotopic (exact) mass is 199 g/mol. The van der Waals surface area contributed by atoms with Gasteiger partial charge in [-0.15, -0.1) is 11.3 Å². The Labute approximate surface area is 83.6 Å². The quantitative estimate of drug-likeness (QED) is 0.736. The molecule has 3 heteroatoms. The average Bonchev–Trinajstić information content (AvgIpc) is 2.65. The van der Waals surface area contributed by atoms with Gasteiger partial charge in [-0.3, -0.25) is 0 Å². The minimum absolute atomic E-state index is 0.214. The summed E-state index contributed by atoms with van der Waals surface area (Å²) in [5.74, 6) is 0. The molecule has 0 saturated carbocycles. The maximum atomic E-state index is 8.72. The van der Waals surface area contributed by atoms with Crippen molar-refractivity contribution in [1.82, 2.24) is 5.32 Å². The van der Waals surface area contributed by atoms with Gasteiger partial charge in [0.25, 0.3) is 0 Å². The fourth-order valence-electron chi connectivity index (χ4n) is 1.36. The third kappa shape index (κ3) is 3.46. The summed E-state index contributed by atoms with van der Waals surface area (Å²) in [6, 6.07) is 4.65. The smallest absolute Gasteiger partial charge is 0.0556 e. The van der Waals surface area contributed by atoms with E-state index in [0.717, 1.165) is 6.42 Å². The highest BCUT2D eigenvalue weighted by Crippen LogP contribution is 2.22. The van der Waals surface area contributed by atoms with Crippen LogP contribution in [0.15, 0.2) is 17.5 Å². The van der Waals surface area contributed by atoms with Gasteiger partial charge in [0.1, 0.15) is 0 Å². The summed E-state index contributed by atoms with van der Waals surface area (Å²) in [5.41, 5.74) is 0. The first kappa shape index (κ1) is 10.7. The standard InChI is InChI=1S/C10H17NOS/c1-2-4-9(11-6-7-12)10-5-3-8-13-10/h3,5,8-9,11-12H,2,4,6-7H2,1H3. The summed E-state index contributed by atoms with van der Waals surface area (Å²) >= 11 is 1.78. The molecule has 1 aromatic rings. The molecule has 0 saturated heterocycles. The molecular weight excluding hydrogens is 182 g/mol. The van der Waals surface area contributed by atoms with Crippen LogP contribution in [0.1, 0.15) is 30.7 Å². The first-order valence-corrected chi connectivity index (χ1v) is 5.64. The van der Waals surface area contributed by atoms with Crippen molar-refractivity contribution in [2.24, 2.45) is 0 Å². The van der Waals surface area contributed by atoms with Crippen LogP contribution in [0.2, 0.25) is 0 Å². The molecule has 1 aromatic heterocycles. The van der Waals surface area contributed by atoms with Gasteiger partial charge in [-0.1, -0.05) is 19.4 Å². The number of hydrogen-bond donors (Lipinski definition) is 2. The Morgan fingerprint density at radius 1 is 1.62 bits per heavy atom. The number of thiophene rings is 1. The second-order valence-corrected chi connectivity index (χ2v) is 4.01. The summed E-state index contributed by atoms with van der Waals surface area (Å²) in [7, 11) is 0. The minimum atomic E-state index is 0.214. The molecule has 0 amide bonds. The zero-order valence-electron chi connectivity index (χ0n) is 7.99. The van der Waals surface area contributed by atoms with Gasteiger partial charge in [0.15, 0.2) is 0 Å². The second kappa shape index (κ2) is 6.13. The summed E-state index contributed by atoms with van der Waals surface area (Å²) in [6.45, 7) is 3.08. The summed E-state index contributed by atoms with van der Waals surface area (Å²) < 4.78 is 0. The van der Waals surface area contributed by atoms with Crippen molar-refractivity contribution in [2.75, 3.05) is 13.2 Å². The highest BCUT2D eigenvalue weighted by atomic mass is 32.1. The van der Waals surface area contributed by atoms with Crippen molar-refractivity contribution in [3.63, 3.8) is 0 Å². The van der Waals surface area contributed by atoms with E-state index in [1.807, 2.05) is 0 Å². The predicted octanol–water partition coefficient (Wildman–Crippen LogP) is 2.17. The van der Waals surface area contributed by atoms with E-state index >= 15 is 0 Å². The van der Waals surface area contributed by atoms with Crippen molar-refractivity contribution < 1.29 is 5.11 Å². The highest BCUT2D eigenvalue weighted by molar-refractivity contribution is 7.10. The van der Waals surface area contributed by atoms with Gasteiger partial charge in [-0.25, -0.2) is 0 Å². The lowest BCUT2D eigenvalue weighted by Crippen LogP contribution is -2.23. The molecule has 1 atom stereocenters. The van der Waals surface area contributed by atoms with E-state index in [4.69, 9.17) is 5.11 Å². The normalized spacial score (nSPS) is 13.1. The molecule has 0 bridgehead atoms. The number of rotatable bonds is 6. The molecule has 0 fully saturated rings. The van der Waals surface area contributed by atoms with Crippen molar-refractivity contribution in [1.29, 1.82) is 0 Å². The average molecular weight is 199 g/mol. The van der Waals surface area contributed by atoms with E-state index in [-0.39, 0.29) is 6.61 Å². The second-order valence-electron chi connectivity index (χ2n) is 3.03. The number of nitrogens with one attached hydrogen (secondary N) is 1. The van der Waals surface area contributed by atoms with Crippen molar-refractivity contribution in [3.8, 4) is 0 Å². The topological polar surface area (TPSA) is 32.3 Å². The van der Waals surface area contributed by atoms with Crippen LogP contribution in [0.5, 0.6) is 0 Å². The van der Waals surface area contributed by atoms with E-state index in [0.29, 0.717) is 12.6 Å². The molecule has 0 radical (unpaired) electrons. The van der Waals surface area contributed by atoms with Crippen molar-refractivity contribution >= 4 is 11.3 Å². The Morgan fingerprint density at radius 2 is 2.46 bits per heavy atom. The Balaban J connectivity index is 2.47. The molecule has 0 spiro atoms. The SMILES string of the molecule is CCCC(NCCO)c1cccs1. The lowest BCUT2D eigenvalue weighted by Gasteiger charge is -2.15. The Hall–Kier alpha value is -0.380. The summed E-state index contributed by atoms with van der Waals surface area (Å²) in [6.07, 6.45) is 2.31. The van der Waals surface area contributed by atoms with Gasteiger partial charge >= 0.3 is 0 Å². The molecule has 2 N–H and O–H groups in total. The number of aliphatic hydroxyl groups is 1. The third-order valence-corrected chi connectivity index (χ3v) is 2.95. The van der Waals surface area contributed by atoms with Crippen LogP contribution in [0.4, 0.5) is 0 Å². The van der Waals surface area contributed by atoms with E-state index in [9.17, 15) is 0 Å². The minimum Gasteiger partial charge on any atom is -0.395 e. The summed E-state index contributed by atoms with van der Waals surface area (Å²) in [5, 5.41) is 14.2. The van der Waals surface area contributed by atoms with E-state index in [2.05, 4.69) is 29.8 Å². The van der Waals surface area contributed by atoms with E-state index in [1.165, 1.54) is 11.3 Å². The van der Waals surface area contributed by atoms with Crippen LogP contribution in [0.3, 0.4) is 0 Å². The van der Waals surface area contributed by atoms with Gasteiger partial charge < -0.3 is 10.4 Å². The zero-order valence-corrected chi connectivity index (χ0v) is 8.81. The fourth-order valence-corrected chi connectivity index (χ4v) is 2.20. The molecule has 74 valence electrons. The number of aliphatic hydroxyl groups excluding tert-OH is 1. The van der Waals surface area contributed by atoms with Gasteiger partial charge in [-0.2, -0.15) is 0 Å². The predicted molar refractivity (Wildman–Crippen MR) is 57.1 cm³/mol. The zero-order chi connectivity index (χ0) is 9.52. The maximum Gasteiger partial charge on any atom is 0.0556 e. The molecule has 0 aliphatic carbocycles. The molecule has 1 unspecified atom stereocenters. The van der Waals surface area contributed by atoms with Crippen LogP contribution in [-0.2, 0) is 0 Å². The highest BCUT2D eigenvalue weighted by Gasteiger charge is 2.09. The third-order valence-electron chi connectivity index (χ3n) is 1.97. The molecule has 1 rings (SSSR count).